The molecule has 0 aliphatic rings. The molecule has 2 unspecified atom stereocenters. The van der Waals surface area contributed by atoms with Crippen LogP contribution in [0.3, 0.4) is 0 Å². The van der Waals surface area contributed by atoms with Crippen molar-refractivity contribution < 1.29 is 4.52 Å². The number of likely N-dealkylation sites (N-methyl/N-ethyl adjacent to an activating group) is 1. The lowest BCUT2D eigenvalue weighted by Gasteiger charge is -2.09. The normalized spacial score (nSPS) is 13.5. The van der Waals surface area contributed by atoms with E-state index in [1.807, 2.05) is 7.05 Å². The SMILES string of the molecule is CCc1ccc(C(C)Cc2nc(CC(C)NC)no2)cc1.Cl. The molecule has 0 radical (unpaired) electrons. The first-order valence-corrected chi connectivity index (χ1v) is 7.70. The minimum absolute atomic E-state index is 0. The number of hydrogen-bond acceptors (Lipinski definition) is 4. The maximum absolute atomic E-state index is 5.36. The quantitative estimate of drug-likeness (QED) is 0.846. The van der Waals surface area contributed by atoms with Crippen LogP contribution < -0.4 is 5.32 Å². The number of aromatic nitrogens is 2. The van der Waals surface area contributed by atoms with E-state index in [9.17, 15) is 0 Å². The van der Waals surface area contributed by atoms with Gasteiger partial charge in [0.05, 0.1) is 0 Å². The van der Waals surface area contributed by atoms with Gasteiger partial charge in [0.1, 0.15) is 0 Å². The van der Waals surface area contributed by atoms with Crippen LogP contribution in [0.25, 0.3) is 0 Å². The first-order valence-electron chi connectivity index (χ1n) is 7.70. The molecule has 5 heteroatoms. The Bertz CT molecular complexity index is 553. The van der Waals surface area contributed by atoms with Gasteiger partial charge in [0.25, 0.3) is 0 Å². The molecule has 0 aliphatic carbocycles. The first kappa shape index (κ1) is 18.7. The molecule has 2 atom stereocenters. The molecular formula is C17H26ClN3O. The molecule has 1 heterocycles. The van der Waals surface area contributed by atoms with Gasteiger partial charge in [0.15, 0.2) is 5.82 Å². The number of aryl methyl sites for hydroxylation is 1. The van der Waals surface area contributed by atoms with Crippen LogP contribution in [-0.4, -0.2) is 23.2 Å². The fraction of sp³-hybridized carbons (Fsp3) is 0.529. The van der Waals surface area contributed by atoms with Crippen molar-refractivity contribution in [2.24, 2.45) is 0 Å². The summed E-state index contributed by atoms with van der Waals surface area (Å²) in [5, 5.41) is 7.23. The number of hydrogen-bond donors (Lipinski definition) is 1. The lowest BCUT2D eigenvalue weighted by atomic mass is 9.96. The molecule has 0 amide bonds. The van der Waals surface area contributed by atoms with E-state index in [4.69, 9.17) is 4.52 Å². The van der Waals surface area contributed by atoms with Gasteiger partial charge in [0.2, 0.25) is 5.89 Å². The molecule has 122 valence electrons. The smallest absolute Gasteiger partial charge is 0.227 e. The summed E-state index contributed by atoms with van der Waals surface area (Å²) in [6, 6.07) is 9.14. The molecule has 0 saturated heterocycles. The van der Waals surface area contributed by atoms with Gasteiger partial charge in [-0.05, 0) is 37.4 Å². The summed E-state index contributed by atoms with van der Waals surface area (Å²) < 4.78 is 5.36. The highest BCUT2D eigenvalue weighted by molar-refractivity contribution is 5.85. The Morgan fingerprint density at radius 3 is 2.41 bits per heavy atom. The minimum atomic E-state index is 0. The van der Waals surface area contributed by atoms with Crippen molar-refractivity contribution in [3.63, 3.8) is 0 Å². The van der Waals surface area contributed by atoms with E-state index >= 15 is 0 Å². The molecule has 22 heavy (non-hydrogen) atoms. The number of nitrogens with zero attached hydrogens (tertiary/aromatic N) is 2. The van der Waals surface area contributed by atoms with Crippen molar-refractivity contribution in [3.8, 4) is 0 Å². The molecule has 2 aromatic rings. The lowest BCUT2D eigenvalue weighted by molar-refractivity contribution is 0.365. The van der Waals surface area contributed by atoms with E-state index in [1.165, 1.54) is 11.1 Å². The third-order valence-corrected chi connectivity index (χ3v) is 3.93. The van der Waals surface area contributed by atoms with E-state index in [2.05, 4.69) is 60.5 Å². The highest BCUT2D eigenvalue weighted by Crippen LogP contribution is 2.20. The molecule has 0 bridgehead atoms. The summed E-state index contributed by atoms with van der Waals surface area (Å²) in [6.45, 7) is 6.47. The maximum atomic E-state index is 5.36. The van der Waals surface area contributed by atoms with E-state index in [0.29, 0.717) is 12.0 Å². The second-order valence-corrected chi connectivity index (χ2v) is 5.70. The summed E-state index contributed by atoms with van der Waals surface area (Å²) >= 11 is 0. The van der Waals surface area contributed by atoms with Gasteiger partial charge in [-0.3, -0.25) is 0 Å². The van der Waals surface area contributed by atoms with Crippen LogP contribution in [0.1, 0.15) is 49.5 Å². The van der Waals surface area contributed by atoms with Crippen LogP contribution in [0.2, 0.25) is 0 Å². The lowest BCUT2D eigenvalue weighted by Crippen LogP contribution is -2.24. The molecular weight excluding hydrogens is 298 g/mol. The van der Waals surface area contributed by atoms with E-state index in [1.54, 1.807) is 0 Å². The number of benzene rings is 1. The van der Waals surface area contributed by atoms with Gasteiger partial charge in [-0.1, -0.05) is 43.3 Å². The highest BCUT2D eigenvalue weighted by atomic mass is 35.5. The monoisotopic (exact) mass is 323 g/mol. The molecule has 1 aromatic carbocycles. The Kier molecular flexibility index (Phi) is 7.56. The number of nitrogens with one attached hydrogen (secondary N) is 1. The third kappa shape index (κ3) is 5.11. The molecule has 0 fully saturated rings. The van der Waals surface area contributed by atoms with Gasteiger partial charge >= 0.3 is 0 Å². The summed E-state index contributed by atoms with van der Waals surface area (Å²) in [4.78, 5) is 4.48. The predicted octanol–water partition coefficient (Wildman–Crippen LogP) is 3.55. The highest BCUT2D eigenvalue weighted by Gasteiger charge is 2.13. The van der Waals surface area contributed by atoms with Crippen molar-refractivity contribution >= 4 is 12.4 Å². The Labute approximate surface area is 139 Å². The maximum Gasteiger partial charge on any atom is 0.227 e. The van der Waals surface area contributed by atoms with Crippen molar-refractivity contribution in [2.75, 3.05) is 7.05 Å². The minimum Gasteiger partial charge on any atom is -0.339 e. The van der Waals surface area contributed by atoms with Crippen LogP contribution in [0.5, 0.6) is 0 Å². The zero-order valence-corrected chi connectivity index (χ0v) is 14.6. The van der Waals surface area contributed by atoms with Gasteiger partial charge < -0.3 is 9.84 Å². The van der Waals surface area contributed by atoms with Gasteiger partial charge in [0, 0.05) is 18.9 Å². The Morgan fingerprint density at radius 1 is 1.14 bits per heavy atom. The largest absolute Gasteiger partial charge is 0.339 e. The van der Waals surface area contributed by atoms with E-state index in [0.717, 1.165) is 31.0 Å². The Balaban J connectivity index is 0.00000242. The van der Waals surface area contributed by atoms with Gasteiger partial charge in [-0.25, -0.2) is 0 Å². The predicted molar refractivity (Wildman–Crippen MR) is 91.7 cm³/mol. The summed E-state index contributed by atoms with van der Waals surface area (Å²) in [5.74, 6) is 1.88. The molecule has 2 rings (SSSR count). The fourth-order valence-corrected chi connectivity index (χ4v) is 2.29. The topological polar surface area (TPSA) is 51.0 Å². The van der Waals surface area contributed by atoms with Crippen LogP contribution >= 0.6 is 12.4 Å². The van der Waals surface area contributed by atoms with Crippen molar-refractivity contribution in [3.05, 3.63) is 47.1 Å². The zero-order chi connectivity index (χ0) is 15.2. The molecule has 4 nitrogen and oxygen atoms in total. The molecule has 1 N–H and O–H groups in total. The fourth-order valence-electron chi connectivity index (χ4n) is 2.29. The Hall–Kier alpha value is -1.39. The van der Waals surface area contributed by atoms with Crippen LogP contribution in [0.4, 0.5) is 0 Å². The summed E-state index contributed by atoms with van der Waals surface area (Å²) in [7, 11) is 1.94. The molecule has 1 aromatic heterocycles. The van der Waals surface area contributed by atoms with Crippen molar-refractivity contribution in [1.29, 1.82) is 0 Å². The molecule has 0 aliphatic heterocycles. The van der Waals surface area contributed by atoms with Crippen LogP contribution in [-0.2, 0) is 19.3 Å². The number of halogens is 1. The molecule has 0 saturated carbocycles. The zero-order valence-electron chi connectivity index (χ0n) is 13.8. The van der Waals surface area contributed by atoms with Crippen LogP contribution in [0, 0.1) is 0 Å². The summed E-state index contributed by atoms with van der Waals surface area (Å²) in [6.07, 6.45) is 2.65. The van der Waals surface area contributed by atoms with Gasteiger partial charge in [-0.2, -0.15) is 4.98 Å². The van der Waals surface area contributed by atoms with E-state index in [-0.39, 0.29) is 12.4 Å². The van der Waals surface area contributed by atoms with Crippen LogP contribution in [0.15, 0.2) is 28.8 Å². The first-order chi connectivity index (χ1) is 10.1. The number of rotatable bonds is 7. The Morgan fingerprint density at radius 2 is 1.82 bits per heavy atom. The summed E-state index contributed by atoms with van der Waals surface area (Å²) in [5.41, 5.74) is 2.68. The van der Waals surface area contributed by atoms with Crippen molar-refractivity contribution in [2.45, 2.75) is 52.0 Å². The average molecular weight is 324 g/mol. The standard InChI is InChI=1S/C17H25N3O.ClH/c1-5-14-6-8-15(9-7-14)12(2)10-17-19-16(20-21-17)11-13(3)18-4;/h6-9,12-13,18H,5,10-11H2,1-4H3;1H. The third-order valence-electron chi connectivity index (χ3n) is 3.93. The van der Waals surface area contributed by atoms with E-state index < -0.39 is 0 Å². The second kappa shape index (κ2) is 8.91. The van der Waals surface area contributed by atoms with Gasteiger partial charge in [-0.15, -0.1) is 12.4 Å². The molecule has 0 spiro atoms. The average Bonchev–Trinajstić information content (AvgIpc) is 2.94. The second-order valence-electron chi connectivity index (χ2n) is 5.70. The van der Waals surface area contributed by atoms with Crippen molar-refractivity contribution in [1.82, 2.24) is 15.5 Å².